The van der Waals surface area contributed by atoms with Gasteiger partial charge < -0.3 is 9.67 Å². The number of rotatable bonds is 5. The first-order valence-electron chi connectivity index (χ1n) is 10.1. The maximum atomic E-state index is 13.2. The van der Waals surface area contributed by atoms with Crippen LogP contribution in [0.2, 0.25) is 0 Å². The number of phenolic OH excluding ortho intramolecular Hbond substituents is 1. The van der Waals surface area contributed by atoms with Crippen molar-refractivity contribution in [3.05, 3.63) is 86.1 Å². The maximum Gasteiger partial charge on any atom is 0.282 e. The largest absolute Gasteiger partial charge is 0.508 e. The zero-order chi connectivity index (χ0) is 22.1. The molecule has 0 fully saturated rings. The van der Waals surface area contributed by atoms with E-state index in [1.54, 1.807) is 24.4 Å². The quantitative estimate of drug-likeness (QED) is 0.405. The molecule has 0 aliphatic heterocycles. The Bertz CT molecular complexity index is 1350. The number of phenols is 1. The van der Waals surface area contributed by atoms with Gasteiger partial charge in [-0.1, -0.05) is 22.9 Å². The van der Waals surface area contributed by atoms with Crippen LogP contribution in [-0.4, -0.2) is 25.5 Å². The molecule has 4 rings (SSSR count). The molecule has 0 saturated carbocycles. The first-order chi connectivity index (χ1) is 14.9. The van der Waals surface area contributed by atoms with E-state index in [-0.39, 0.29) is 11.3 Å². The average Bonchev–Trinajstić information content (AvgIpc) is 3.02. The SMILES string of the molecule is CCCc1nc2ccc(Br)cc2c(=O)n1N=Cc1cc(C)n(-c2ccc(O)cc2)c1C. The molecule has 158 valence electrons. The minimum absolute atomic E-state index is 0.182. The molecule has 31 heavy (non-hydrogen) atoms. The molecule has 0 aliphatic rings. The second kappa shape index (κ2) is 8.51. The van der Waals surface area contributed by atoms with Gasteiger partial charge in [0.05, 0.1) is 17.1 Å². The summed E-state index contributed by atoms with van der Waals surface area (Å²) in [4.78, 5) is 17.8. The first kappa shape index (κ1) is 21.1. The Labute approximate surface area is 188 Å². The van der Waals surface area contributed by atoms with Crippen molar-refractivity contribution in [1.82, 2.24) is 14.2 Å². The molecule has 0 atom stereocenters. The van der Waals surface area contributed by atoms with Crippen LogP contribution < -0.4 is 5.56 Å². The highest BCUT2D eigenvalue weighted by molar-refractivity contribution is 9.10. The van der Waals surface area contributed by atoms with Crippen LogP contribution in [0.4, 0.5) is 0 Å². The number of aryl methyl sites for hydroxylation is 2. The molecule has 1 N–H and O–H groups in total. The lowest BCUT2D eigenvalue weighted by Crippen LogP contribution is -2.22. The van der Waals surface area contributed by atoms with Gasteiger partial charge in [0.2, 0.25) is 0 Å². The van der Waals surface area contributed by atoms with E-state index in [0.717, 1.165) is 33.5 Å². The molecular formula is C24H23BrN4O2. The summed E-state index contributed by atoms with van der Waals surface area (Å²) in [6, 6.07) is 14.6. The highest BCUT2D eigenvalue weighted by atomic mass is 79.9. The fourth-order valence-electron chi connectivity index (χ4n) is 3.74. The summed E-state index contributed by atoms with van der Waals surface area (Å²) in [7, 11) is 0. The van der Waals surface area contributed by atoms with Crippen molar-refractivity contribution >= 4 is 33.0 Å². The third-order valence-corrected chi connectivity index (χ3v) is 5.73. The topological polar surface area (TPSA) is 72.4 Å². The van der Waals surface area contributed by atoms with Crippen LogP contribution in [0.5, 0.6) is 5.75 Å². The van der Waals surface area contributed by atoms with E-state index in [0.29, 0.717) is 23.1 Å². The van der Waals surface area contributed by atoms with Gasteiger partial charge in [-0.15, -0.1) is 0 Å². The zero-order valence-electron chi connectivity index (χ0n) is 17.6. The van der Waals surface area contributed by atoms with Gasteiger partial charge in [-0.3, -0.25) is 4.79 Å². The number of halogens is 1. The molecule has 2 aromatic heterocycles. The minimum atomic E-state index is -0.182. The van der Waals surface area contributed by atoms with Gasteiger partial charge >= 0.3 is 0 Å². The monoisotopic (exact) mass is 478 g/mol. The summed E-state index contributed by atoms with van der Waals surface area (Å²) in [6.07, 6.45) is 3.23. The molecule has 0 saturated heterocycles. The van der Waals surface area contributed by atoms with E-state index in [9.17, 15) is 9.90 Å². The van der Waals surface area contributed by atoms with Crippen LogP contribution >= 0.6 is 15.9 Å². The highest BCUT2D eigenvalue weighted by Crippen LogP contribution is 2.22. The summed E-state index contributed by atoms with van der Waals surface area (Å²) in [6.45, 7) is 6.07. The molecule has 0 aliphatic carbocycles. The van der Waals surface area contributed by atoms with Gasteiger partial charge in [-0.05, 0) is 68.8 Å². The third-order valence-electron chi connectivity index (χ3n) is 5.24. The smallest absolute Gasteiger partial charge is 0.282 e. The molecule has 4 aromatic rings. The van der Waals surface area contributed by atoms with Gasteiger partial charge in [0.15, 0.2) is 0 Å². The fourth-order valence-corrected chi connectivity index (χ4v) is 4.10. The Morgan fingerprint density at radius 1 is 1.13 bits per heavy atom. The predicted molar refractivity (Wildman–Crippen MR) is 128 cm³/mol. The van der Waals surface area contributed by atoms with Crippen molar-refractivity contribution in [1.29, 1.82) is 0 Å². The molecule has 2 aromatic carbocycles. The Balaban J connectivity index is 1.81. The third kappa shape index (κ3) is 4.05. The lowest BCUT2D eigenvalue weighted by molar-refractivity contribution is 0.475. The second-order valence-electron chi connectivity index (χ2n) is 7.48. The summed E-state index contributed by atoms with van der Waals surface area (Å²) >= 11 is 3.43. The van der Waals surface area contributed by atoms with Crippen LogP contribution in [0.3, 0.4) is 0 Å². The molecule has 0 spiro atoms. The molecule has 2 heterocycles. The van der Waals surface area contributed by atoms with Crippen molar-refractivity contribution < 1.29 is 5.11 Å². The zero-order valence-corrected chi connectivity index (χ0v) is 19.2. The summed E-state index contributed by atoms with van der Waals surface area (Å²) in [5.74, 6) is 0.872. The molecule has 0 unspecified atom stereocenters. The van der Waals surface area contributed by atoms with Gasteiger partial charge in [0.1, 0.15) is 11.6 Å². The van der Waals surface area contributed by atoms with Gasteiger partial charge in [-0.25, -0.2) is 4.98 Å². The standard InChI is InChI=1S/C24H23BrN4O2/c1-4-5-23-27-22-11-6-18(25)13-21(22)24(31)29(23)26-14-17-12-15(2)28(16(17)3)19-7-9-20(30)10-8-19/h6-14,30H,4-5H2,1-3H3. The minimum Gasteiger partial charge on any atom is -0.508 e. The van der Waals surface area contributed by atoms with Crippen LogP contribution in [0.25, 0.3) is 16.6 Å². The van der Waals surface area contributed by atoms with Crippen LogP contribution in [0.1, 0.15) is 36.1 Å². The summed E-state index contributed by atoms with van der Waals surface area (Å²) in [5, 5.41) is 14.6. The lowest BCUT2D eigenvalue weighted by atomic mass is 10.2. The van der Waals surface area contributed by atoms with Crippen molar-refractivity contribution in [2.45, 2.75) is 33.6 Å². The van der Waals surface area contributed by atoms with Crippen molar-refractivity contribution in [3.8, 4) is 11.4 Å². The normalized spacial score (nSPS) is 11.6. The van der Waals surface area contributed by atoms with E-state index in [4.69, 9.17) is 0 Å². The van der Waals surface area contributed by atoms with Crippen LogP contribution in [0, 0.1) is 13.8 Å². The predicted octanol–water partition coefficient (Wildman–Crippen LogP) is 5.11. The van der Waals surface area contributed by atoms with Crippen molar-refractivity contribution in [3.63, 3.8) is 0 Å². The summed E-state index contributed by atoms with van der Waals surface area (Å²) < 4.78 is 4.33. The van der Waals surface area contributed by atoms with Crippen molar-refractivity contribution in [2.24, 2.45) is 5.10 Å². The Hall–Kier alpha value is -3.19. The molecular weight excluding hydrogens is 456 g/mol. The molecule has 0 bridgehead atoms. The molecule has 0 amide bonds. The van der Waals surface area contributed by atoms with E-state index < -0.39 is 0 Å². The maximum absolute atomic E-state index is 13.2. The molecule has 7 heteroatoms. The van der Waals surface area contributed by atoms with Gasteiger partial charge in [0.25, 0.3) is 5.56 Å². The Morgan fingerprint density at radius 3 is 2.58 bits per heavy atom. The number of hydrogen-bond donors (Lipinski definition) is 1. The fraction of sp³-hybridized carbons (Fsp3) is 0.208. The Morgan fingerprint density at radius 2 is 1.87 bits per heavy atom. The second-order valence-corrected chi connectivity index (χ2v) is 8.39. The lowest BCUT2D eigenvalue weighted by Gasteiger charge is -2.10. The number of benzene rings is 2. The number of aromatic nitrogens is 3. The van der Waals surface area contributed by atoms with E-state index in [2.05, 4.69) is 37.5 Å². The van der Waals surface area contributed by atoms with E-state index in [1.165, 1.54) is 4.68 Å². The van der Waals surface area contributed by atoms with Crippen LogP contribution in [-0.2, 0) is 6.42 Å². The number of hydrogen-bond acceptors (Lipinski definition) is 4. The van der Waals surface area contributed by atoms with Gasteiger partial charge in [-0.2, -0.15) is 9.78 Å². The summed E-state index contributed by atoms with van der Waals surface area (Å²) in [5.41, 5.74) is 4.38. The van der Waals surface area contributed by atoms with Gasteiger partial charge in [0, 0.05) is 33.5 Å². The van der Waals surface area contributed by atoms with Crippen LogP contribution in [0.15, 0.2) is 62.9 Å². The molecule has 0 radical (unpaired) electrons. The number of fused-ring (bicyclic) bond motifs is 1. The average molecular weight is 479 g/mol. The van der Waals surface area contributed by atoms with E-state index >= 15 is 0 Å². The van der Waals surface area contributed by atoms with E-state index in [1.807, 2.05) is 44.2 Å². The number of aromatic hydroxyl groups is 1. The number of nitrogens with zero attached hydrogens (tertiary/aromatic N) is 4. The Kier molecular flexibility index (Phi) is 5.78. The molecule has 6 nitrogen and oxygen atoms in total. The highest BCUT2D eigenvalue weighted by Gasteiger charge is 2.12. The van der Waals surface area contributed by atoms with Crippen molar-refractivity contribution in [2.75, 3.05) is 0 Å². The first-order valence-corrected chi connectivity index (χ1v) is 10.9.